The average Bonchev–Trinajstić information content (AvgIpc) is 1.40. The third-order valence-electron chi connectivity index (χ3n) is 22.5. The van der Waals surface area contributed by atoms with Crippen molar-refractivity contribution in [2.45, 2.75) is 0 Å². The molecule has 16 aromatic carbocycles. The summed E-state index contributed by atoms with van der Waals surface area (Å²) >= 11 is 0. The van der Waals surface area contributed by atoms with Gasteiger partial charge < -0.3 is 13.3 Å². The molecule has 11 heteroatoms. The summed E-state index contributed by atoms with van der Waals surface area (Å²) in [5.74, 6) is 3.15. The smallest absolute Gasteiger partial charge is 0.237 e. The largest absolute Gasteiger partial charge is 0.456 e. The molecule has 0 aliphatic carbocycles. The number of fused-ring (bicyclic) bond motifs is 15. The van der Waals surface area contributed by atoms with E-state index in [0.717, 1.165) is 155 Å². The molecule has 0 amide bonds. The zero-order valence-electron chi connectivity index (χ0n) is 61.4. The predicted molar refractivity (Wildman–Crippen MR) is 469 cm³/mol. The van der Waals surface area contributed by atoms with Gasteiger partial charge in [0.25, 0.3) is 0 Å². The maximum atomic E-state index is 7.44. The van der Waals surface area contributed by atoms with Crippen molar-refractivity contribution in [3.05, 3.63) is 394 Å². The highest BCUT2D eigenvalue weighted by molar-refractivity contribution is 7.20. The summed E-state index contributed by atoms with van der Waals surface area (Å²) in [4.78, 5) is 26.6. The van der Waals surface area contributed by atoms with Crippen molar-refractivity contribution in [3.8, 4) is 79.4 Å². The molecule has 0 saturated heterocycles. The quantitative estimate of drug-likeness (QED) is 0.0878. The number of para-hydroxylation sites is 8. The Hall–Kier alpha value is -15.2. The molecule has 0 fully saturated rings. The molecule has 0 spiro atoms. The van der Waals surface area contributed by atoms with Crippen molar-refractivity contribution in [3.63, 3.8) is 0 Å². The molecule has 534 valence electrons. The van der Waals surface area contributed by atoms with Crippen molar-refractivity contribution in [2.75, 3.05) is 0 Å². The second kappa shape index (κ2) is 27.1. The Morgan fingerprint density at radius 1 is 0.228 bits per heavy atom. The van der Waals surface area contributed by atoms with Crippen LogP contribution in [-0.4, -0.2) is 42.1 Å². The fourth-order valence-corrected chi connectivity index (χ4v) is 22.5. The Balaban J connectivity index is 0.000000143. The van der Waals surface area contributed by atoms with Gasteiger partial charge in [0.15, 0.2) is 25.5 Å². The molecule has 0 unspecified atom stereocenters. The summed E-state index contributed by atoms with van der Waals surface area (Å²) in [6.45, 7) is 0. The topological polar surface area (TPSA) is 114 Å². The van der Waals surface area contributed by atoms with Gasteiger partial charge in [0, 0.05) is 82.2 Å². The van der Waals surface area contributed by atoms with Crippen LogP contribution in [0.2, 0.25) is 0 Å². The van der Waals surface area contributed by atoms with E-state index in [9.17, 15) is 0 Å². The van der Waals surface area contributed by atoms with Gasteiger partial charge in [-0.1, -0.05) is 334 Å². The fraction of sp³-hybridized carbons (Fsp3) is 0. The number of benzene rings is 16. The standard InChI is InChI=1S/C58H38N4OSi.C45H27N3O2/c1-4-20-39(21-5-1)64(40-22-6-2-7-23-40,41-24-8-3-9-25-41)54-37-19-31-47-46-30-18-32-48(56(46)63-57(47)54)49-38-55(61-50-33-14-10-26-42(50)43-27-11-15-34-51(43)61)60-58(59-49)62-52-35-16-12-28-44(52)45-29-13-17-36-53(45)62;1-2-14-28(15-3-1)43-46-44(33-18-6-4-16-29(33)31-22-12-26-39-41(31)35-20-8-10-24-37(35)49-39)48-45(47-43)34-19-7-5-17-30(34)32-23-13-27-40-42(32)36-21-9-11-25-38(36)50-40/h1-38H;1-27H. The lowest BCUT2D eigenvalue weighted by atomic mass is 9.94. The fourth-order valence-electron chi connectivity index (χ4n) is 17.6. The molecule has 0 radical (unpaired) electrons. The SMILES string of the molecule is c1ccc(-c2nc(-c3ccccc3-c3cccc4oc5ccccc5c34)nc(-c3ccccc3-c3cccc4oc5ccccc5c34)n2)cc1.c1ccc([Si](c2ccccc2)(c2ccccc2)c2cccc3c2oc2c(-c4cc(-n5c6ccccc6c6ccccc65)nc(-n5c6ccccc6c6ccccc65)n4)cccc23)cc1. The van der Waals surface area contributed by atoms with Crippen LogP contribution < -0.4 is 20.7 Å². The van der Waals surface area contributed by atoms with Crippen molar-refractivity contribution < 1.29 is 13.3 Å². The molecule has 10 nitrogen and oxygen atoms in total. The Kier molecular flexibility index (Phi) is 15.7. The van der Waals surface area contributed by atoms with E-state index in [0.29, 0.717) is 23.4 Å². The van der Waals surface area contributed by atoms with Crippen LogP contribution in [0.25, 0.3) is 189 Å². The summed E-state index contributed by atoms with van der Waals surface area (Å²) in [6.07, 6.45) is 0. The summed E-state index contributed by atoms with van der Waals surface area (Å²) in [5.41, 5.74) is 17.9. The third kappa shape index (κ3) is 10.7. The van der Waals surface area contributed by atoms with Gasteiger partial charge in [-0.2, -0.15) is 4.98 Å². The third-order valence-corrected chi connectivity index (χ3v) is 27.3. The van der Waals surface area contributed by atoms with Gasteiger partial charge in [-0.25, -0.2) is 19.9 Å². The molecule has 0 bridgehead atoms. The van der Waals surface area contributed by atoms with Crippen LogP contribution in [0.3, 0.4) is 0 Å². The molecule has 114 heavy (non-hydrogen) atoms. The first-order chi connectivity index (χ1) is 56.6. The second-order valence-corrected chi connectivity index (χ2v) is 32.6. The van der Waals surface area contributed by atoms with Gasteiger partial charge in [0.1, 0.15) is 39.3 Å². The van der Waals surface area contributed by atoms with E-state index in [2.05, 4.69) is 312 Å². The molecule has 0 N–H and O–H groups in total. The van der Waals surface area contributed by atoms with Crippen LogP contribution in [0.15, 0.2) is 408 Å². The van der Waals surface area contributed by atoms with E-state index < -0.39 is 8.07 Å². The molecule has 23 aromatic rings. The summed E-state index contributed by atoms with van der Waals surface area (Å²) in [6, 6.07) is 138. The Morgan fingerprint density at radius 3 is 1.07 bits per heavy atom. The van der Waals surface area contributed by atoms with Gasteiger partial charge in [-0.05, 0) is 97.6 Å². The first-order valence-corrected chi connectivity index (χ1v) is 40.4. The highest BCUT2D eigenvalue weighted by Gasteiger charge is 2.44. The lowest BCUT2D eigenvalue weighted by Crippen LogP contribution is -2.74. The number of furan rings is 3. The maximum Gasteiger partial charge on any atom is 0.237 e. The number of aromatic nitrogens is 7. The molecule has 23 rings (SSSR count). The van der Waals surface area contributed by atoms with Crippen LogP contribution in [0, 0.1) is 0 Å². The maximum absolute atomic E-state index is 7.44. The molecule has 0 aliphatic heterocycles. The zero-order chi connectivity index (χ0) is 75.2. The van der Waals surface area contributed by atoms with Gasteiger partial charge in [-0.3, -0.25) is 9.13 Å². The molecule has 7 heterocycles. The number of nitrogens with zero attached hydrogens (tertiary/aromatic N) is 7. The van der Waals surface area contributed by atoms with E-state index in [1.807, 2.05) is 91.0 Å². The molecule has 7 aromatic heterocycles. The van der Waals surface area contributed by atoms with Crippen LogP contribution in [0.5, 0.6) is 0 Å². The zero-order valence-corrected chi connectivity index (χ0v) is 62.4. The molecule has 0 saturated carbocycles. The lowest BCUT2D eigenvalue weighted by molar-refractivity contribution is 0.668. The highest BCUT2D eigenvalue weighted by atomic mass is 28.3. The number of rotatable bonds is 12. The number of hydrogen-bond acceptors (Lipinski definition) is 8. The van der Waals surface area contributed by atoms with Crippen LogP contribution in [-0.2, 0) is 0 Å². The van der Waals surface area contributed by atoms with Crippen LogP contribution >= 0.6 is 0 Å². The number of hydrogen-bond donors (Lipinski definition) is 0. The second-order valence-electron chi connectivity index (χ2n) is 28.8. The van der Waals surface area contributed by atoms with Gasteiger partial charge >= 0.3 is 0 Å². The van der Waals surface area contributed by atoms with Crippen LogP contribution in [0.1, 0.15) is 0 Å². The molecular formula is C103H65N7O3Si. The minimum absolute atomic E-state index is 0.587. The van der Waals surface area contributed by atoms with E-state index in [4.69, 9.17) is 38.2 Å². The molecule has 0 aliphatic rings. The Labute approximate surface area is 655 Å². The Bertz CT molecular complexity index is 7190. The van der Waals surface area contributed by atoms with Crippen molar-refractivity contribution in [2.24, 2.45) is 0 Å². The van der Waals surface area contributed by atoms with Gasteiger partial charge in [-0.15, -0.1) is 0 Å². The van der Waals surface area contributed by atoms with Crippen LogP contribution in [0.4, 0.5) is 0 Å². The predicted octanol–water partition coefficient (Wildman–Crippen LogP) is 23.6. The van der Waals surface area contributed by atoms with E-state index in [-0.39, 0.29) is 0 Å². The first kappa shape index (κ1) is 65.9. The van der Waals surface area contributed by atoms with Gasteiger partial charge in [0.2, 0.25) is 5.95 Å². The molecule has 0 atom stereocenters. The minimum Gasteiger partial charge on any atom is -0.456 e. The van der Waals surface area contributed by atoms with E-state index >= 15 is 0 Å². The monoisotopic (exact) mass is 1480 g/mol. The highest BCUT2D eigenvalue weighted by Crippen LogP contribution is 2.45. The Morgan fingerprint density at radius 2 is 0.579 bits per heavy atom. The van der Waals surface area contributed by atoms with E-state index in [1.165, 1.54) is 31.5 Å². The van der Waals surface area contributed by atoms with Gasteiger partial charge in [0.05, 0.1) is 27.8 Å². The average molecular weight is 1480 g/mol. The van der Waals surface area contributed by atoms with Crippen molar-refractivity contribution in [1.82, 2.24) is 34.1 Å². The van der Waals surface area contributed by atoms with Crippen molar-refractivity contribution >= 4 is 138 Å². The minimum atomic E-state index is -2.95. The lowest BCUT2D eigenvalue weighted by Gasteiger charge is -2.34. The van der Waals surface area contributed by atoms with Crippen molar-refractivity contribution in [1.29, 1.82) is 0 Å². The summed E-state index contributed by atoms with van der Waals surface area (Å²) < 4.78 is 24.5. The summed E-state index contributed by atoms with van der Waals surface area (Å²) in [5, 5.41) is 16.1. The normalized spacial score (nSPS) is 11.9. The van der Waals surface area contributed by atoms with E-state index in [1.54, 1.807) is 0 Å². The summed E-state index contributed by atoms with van der Waals surface area (Å²) in [7, 11) is -2.95. The first-order valence-electron chi connectivity index (χ1n) is 38.4. The molecular weight excluding hydrogens is 1410 g/mol.